The van der Waals surface area contributed by atoms with Crippen molar-refractivity contribution < 1.29 is 14.4 Å². The van der Waals surface area contributed by atoms with Crippen LogP contribution in [0, 0.1) is 6.92 Å². The predicted octanol–water partition coefficient (Wildman–Crippen LogP) is 4.96. The van der Waals surface area contributed by atoms with Crippen LogP contribution in [0.3, 0.4) is 0 Å². The summed E-state index contributed by atoms with van der Waals surface area (Å²) in [4.78, 5) is 33.0. The van der Waals surface area contributed by atoms with Crippen LogP contribution in [0.2, 0.25) is 0 Å². The van der Waals surface area contributed by atoms with Crippen LogP contribution in [0.1, 0.15) is 47.8 Å². The number of aldehydes is 3. The molecule has 0 amide bonds. The van der Waals surface area contributed by atoms with Crippen molar-refractivity contribution in [3.63, 3.8) is 0 Å². The summed E-state index contributed by atoms with van der Waals surface area (Å²) in [6, 6.07) is 27.1. The van der Waals surface area contributed by atoms with E-state index in [1.54, 1.807) is 24.3 Å². The first-order chi connectivity index (χ1) is 17.1. The number of aryl methyl sites for hydroxylation is 1. The number of carbonyl (C=O) groups excluding carboxylic acids is 3. The van der Waals surface area contributed by atoms with Crippen LogP contribution in [-0.2, 0) is 12.8 Å². The summed E-state index contributed by atoms with van der Waals surface area (Å²) in [5.41, 5.74) is 15.6. The average molecular weight is 469 g/mol. The highest BCUT2D eigenvalue weighted by Crippen LogP contribution is 2.27. The van der Waals surface area contributed by atoms with Crippen LogP contribution in [-0.4, -0.2) is 31.9 Å². The Labute approximate surface area is 206 Å². The molecule has 35 heavy (non-hydrogen) atoms. The molecule has 0 unspecified atom stereocenters. The van der Waals surface area contributed by atoms with Crippen molar-refractivity contribution in [2.45, 2.75) is 19.8 Å². The second-order valence-electron chi connectivity index (χ2n) is 7.87. The Bertz CT molecular complexity index is 1170. The van der Waals surface area contributed by atoms with Gasteiger partial charge in [0.1, 0.15) is 0 Å². The second kappa shape index (κ2) is 15.1. The van der Waals surface area contributed by atoms with Crippen molar-refractivity contribution in [3.05, 3.63) is 118 Å². The minimum absolute atomic E-state index is 0.427. The van der Waals surface area contributed by atoms with Gasteiger partial charge in [-0.2, -0.15) is 0 Å². The zero-order valence-electron chi connectivity index (χ0n) is 20.0. The maximum atomic E-state index is 11.0. The fourth-order valence-electron chi connectivity index (χ4n) is 3.67. The molecule has 5 nitrogen and oxygen atoms in total. The van der Waals surface area contributed by atoms with E-state index in [0.29, 0.717) is 40.0 Å². The summed E-state index contributed by atoms with van der Waals surface area (Å²) >= 11 is 0. The van der Waals surface area contributed by atoms with Gasteiger partial charge < -0.3 is 11.5 Å². The standard InChI is InChI=1S/C14H10O3.2C8H11N/c1-9-2-3-11(7-16)14-12(8-17)5-4-10(6-15)13(9)14;2*9-7-6-8-4-2-1-3-5-8/h2-8H,1H3;2*1-5H,6-7,9H2. The molecule has 4 aromatic carbocycles. The summed E-state index contributed by atoms with van der Waals surface area (Å²) in [5, 5.41) is 1.23. The average Bonchev–Trinajstić information content (AvgIpc) is 2.91. The molecule has 180 valence electrons. The van der Waals surface area contributed by atoms with Gasteiger partial charge in [-0.1, -0.05) is 84.9 Å². The van der Waals surface area contributed by atoms with E-state index in [4.69, 9.17) is 11.5 Å². The minimum atomic E-state index is 0.427. The Morgan fingerprint density at radius 1 is 0.543 bits per heavy atom. The third kappa shape index (κ3) is 8.10. The zero-order valence-corrected chi connectivity index (χ0v) is 20.0. The molecule has 0 fully saturated rings. The normalized spacial score (nSPS) is 9.80. The zero-order chi connectivity index (χ0) is 25.5. The fraction of sp³-hybridized carbons (Fsp3) is 0.167. The van der Waals surface area contributed by atoms with E-state index >= 15 is 0 Å². The summed E-state index contributed by atoms with van der Waals surface area (Å²) in [6.45, 7) is 3.33. The molecule has 0 spiro atoms. The molecule has 0 saturated carbocycles. The molecule has 0 aliphatic carbocycles. The number of fused-ring (bicyclic) bond motifs is 1. The lowest BCUT2D eigenvalue weighted by atomic mass is 9.93. The molecule has 0 atom stereocenters. The van der Waals surface area contributed by atoms with Gasteiger partial charge in [0.2, 0.25) is 0 Å². The van der Waals surface area contributed by atoms with E-state index in [2.05, 4.69) is 24.3 Å². The highest BCUT2D eigenvalue weighted by atomic mass is 16.1. The summed E-state index contributed by atoms with van der Waals surface area (Å²) < 4.78 is 0. The van der Waals surface area contributed by atoms with Gasteiger partial charge in [0.05, 0.1) is 0 Å². The van der Waals surface area contributed by atoms with Crippen molar-refractivity contribution in [2.24, 2.45) is 11.5 Å². The third-order valence-corrected chi connectivity index (χ3v) is 5.40. The van der Waals surface area contributed by atoms with Gasteiger partial charge in [-0.25, -0.2) is 0 Å². The summed E-state index contributed by atoms with van der Waals surface area (Å²) in [6.07, 6.45) is 4.10. The summed E-state index contributed by atoms with van der Waals surface area (Å²) in [7, 11) is 0. The lowest BCUT2D eigenvalue weighted by molar-refractivity contribution is 0.111. The van der Waals surface area contributed by atoms with Crippen LogP contribution in [0.4, 0.5) is 0 Å². The molecular weight excluding hydrogens is 436 g/mol. The van der Waals surface area contributed by atoms with E-state index in [-0.39, 0.29) is 0 Å². The first-order valence-electron chi connectivity index (χ1n) is 11.5. The van der Waals surface area contributed by atoms with Crippen LogP contribution in [0.25, 0.3) is 10.8 Å². The molecule has 0 radical (unpaired) electrons. The second-order valence-corrected chi connectivity index (χ2v) is 7.87. The van der Waals surface area contributed by atoms with Crippen molar-refractivity contribution >= 4 is 29.6 Å². The van der Waals surface area contributed by atoms with Crippen molar-refractivity contribution in [3.8, 4) is 0 Å². The fourth-order valence-corrected chi connectivity index (χ4v) is 3.67. The number of benzene rings is 4. The minimum Gasteiger partial charge on any atom is -0.330 e. The third-order valence-electron chi connectivity index (χ3n) is 5.40. The smallest absolute Gasteiger partial charge is 0.150 e. The number of hydrogen-bond donors (Lipinski definition) is 2. The quantitative estimate of drug-likeness (QED) is 0.373. The molecule has 4 N–H and O–H groups in total. The van der Waals surface area contributed by atoms with Crippen molar-refractivity contribution in [1.29, 1.82) is 0 Å². The largest absolute Gasteiger partial charge is 0.330 e. The molecule has 4 aromatic rings. The molecule has 0 bridgehead atoms. The molecule has 0 saturated heterocycles. The molecule has 4 rings (SSSR count). The highest BCUT2D eigenvalue weighted by Gasteiger charge is 2.11. The molecule has 0 aliphatic heterocycles. The SMILES string of the molecule is Cc1ccc(C=O)c2c(C=O)ccc(C=O)c12.NCCc1ccccc1.NCCc1ccccc1. The van der Waals surface area contributed by atoms with E-state index < -0.39 is 0 Å². The van der Waals surface area contributed by atoms with E-state index in [0.717, 1.165) is 37.8 Å². The van der Waals surface area contributed by atoms with E-state index in [9.17, 15) is 14.4 Å². The van der Waals surface area contributed by atoms with Crippen molar-refractivity contribution in [1.82, 2.24) is 0 Å². The molecular formula is C30H32N2O3. The summed E-state index contributed by atoms with van der Waals surface area (Å²) in [5.74, 6) is 0. The Balaban J connectivity index is 0.000000203. The predicted molar refractivity (Wildman–Crippen MR) is 143 cm³/mol. The topological polar surface area (TPSA) is 103 Å². The lowest BCUT2D eigenvalue weighted by Gasteiger charge is -2.09. The lowest BCUT2D eigenvalue weighted by Crippen LogP contribution is -2.01. The monoisotopic (exact) mass is 468 g/mol. The van der Waals surface area contributed by atoms with Gasteiger partial charge in [0.25, 0.3) is 0 Å². The number of rotatable bonds is 7. The van der Waals surface area contributed by atoms with Crippen LogP contribution in [0.5, 0.6) is 0 Å². The van der Waals surface area contributed by atoms with Gasteiger partial charge >= 0.3 is 0 Å². The molecule has 0 aliphatic rings. The van der Waals surface area contributed by atoms with Crippen molar-refractivity contribution in [2.75, 3.05) is 13.1 Å². The highest BCUT2D eigenvalue weighted by molar-refractivity contribution is 6.12. The van der Waals surface area contributed by atoms with Gasteiger partial charge in [-0.3, -0.25) is 14.4 Å². The maximum absolute atomic E-state index is 11.0. The van der Waals surface area contributed by atoms with Crippen LogP contribution < -0.4 is 11.5 Å². The van der Waals surface area contributed by atoms with Gasteiger partial charge in [-0.15, -0.1) is 0 Å². The molecule has 0 heterocycles. The Morgan fingerprint density at radius 2 is 0.914 bits per heavy atom. The van der Waals surface area contributed by atoms with Gasteiger partial charge in [-0.05, 0) is 54.9 Å². The Morgan fingerprint density at radius 3 is 1.29 bits per heavy atom. The van der Waals surface area contributed by atoms with Crippen LogP contribution in [0.15, 0.2) is 84.9 Å². The Hall–Kier alpha value is -3.93. The number of hydrogen-bond acceptors (Lipinski definition) is 5. The number of carbonyl (C=O) groups is 3. The van der Waals surface area contributed by atoms with Gasteiger partial charge in [0.15, 0.2) is 18.9 Å². The molecule has 0 aromatic heterocycles. The molecule has 5 heteroatoms. The van der Waals surface area contributed by atoms with E-state index in [1.165, 1.54) is 11.1 Å². The number of nitrogens with two attached hydrogens (primary N) is 2. The maximum Gasteiger partial charge on any atom is 0.150 e. The Kier molecular flexibility index (Phi) is 11.8. The van der Waals surface area contributed by atoms with Crippen LogP contribution >= 0.6 is 0 Å². The van der Waals surface area contributed by atoms with Gasteiger partial charge in [0, 0.05) is 22.1 Å². The first kappa shape index (κ1) is 27.3. The first-order valence-corrected chi connectivity index (χ1v) is 11.5. The van der Waals surface area contributed by atoms with E-state index in [1.807, 2.05) is 43.3 Å².